The van der Waals surface area contributed by atoms with Gasteiger partial charge in [0, 0.05) is 13.0 Å². The number of esters is 1. The van der Waals surface area contributed by atoms with Gasteiger partial charge in [0.15, 0.2) is 0 Å². The van der Waals surface area contributed by atoms with Gasteiger partial charge in [-0.15, -0.1) is 0 Å². The van der Waals surface area contributed by atoms with Crippen molar-refractivity contribution in [3.63, 3.8) is 0 Å². The molecule has 0 aromatic carbocycles. The lowest BCUT2D eigenvalue weighted by molar-refractivity contribution is -0.143. The van der Waals surface area contributed by atoms with Crippen molar-refractivity contribution >= 4 is 11.9 Å². The van der Waals surface area contributed by atoms with E-state index < -0.39 is 0 Å². The fourth-order valence-corrected chi connectivity index (χ4v) is 1.55. The van der Waals surface area contributed by atoms with Crippen LogP contribution in [-0.4, -0.2) is 24.5 Å². The van der Waals surface area contributed by atoms with Gasteiger partial charge in [0.1, 0.15) is 0 Å². The average Bonchev–Trinajstić information content (AvgIpc) is 2.16. The minimum atomic E-state index is -0.246. The quantitative estimate of drug-likeness (QED) is 0.678. The van der Waals surface area contributed by atoms with E-state index in [0.717, 1.165) is 12.8 Å². The first-order chi connectivity index (χ1) is 7.49. The van der Waals surface area contributed by atoms with Crippen molar-refractivity contribution < 1.29 is 14.3 Å². The molecule has 2 atom stereocenters. The fraction of sp³-hybridized carbons (Fsp3) is 0.833. The van der Waals surface area contributed by atoms with E-state index in [1.54, 1.807) is 6.92 Å². The highest BCUT2D eigenvalue weighted by Gasteiger charge is 2.17. The van der Waals surface area contributed by atoms with E-state index in [-0.39, 0.29) is 24.3 Å². The lowest BCUT2D eigenvalue weighted by Gasteiger charge is -2.20. The van der Waals surface area contributed by atoms with Gasteiger partial charge in [-0.25, -0.2) is 0 Å². The zero-order valence-corrected chi connectivity index (χ0v) is 10.7. The Morgan fingerprint density at radius 3 is 2.38 bits per heavy atom. The van der Waals surface area contributed by atoms with E-state index in [9.17, 15) is 9.59 Å². The first-order valence-electron chi connectivity index (χ1n) is 5.92. The Morgan fingerprint density at radius 2 is 1.94 bits per heavy atom. The molecule has 4 heteroatoms. The molecule has 0 aliphatic carbocycles. The normalized spacial score (nSPS) is 14.0. The number of amides is 1. The maximum absolute atomic E-state index is 11.3. The summed E-state index contributed by atoms with van der Waals surface area (Å²) in [6.45, 7) is 7.84. The second kappa shape index (κ2) is 8.13. The maximum Gasteiger partial charge on any atom is 0.307 e. The van der Waals surface area contributed by atoms with Gasteiger partial charge in [-0.2, -0.15) is 0 Å². The van der Waals surface area contributed by atoms with E-state index in [0.29, 0.717) is 12.5 Å². The molecule has 0 heterocycles. The Hall–Kier alpha value is -1.06. The summed E-state index contributed by atoms with van der Waals surface area (Å²) in [6.07, 6.45) is 2.12. The summed E-state index contributed by atoms with van der Waals surface area (Å²) in [5.41, 5.74) is 0. The van der Waals surface area contributed by atoms with Crippen LogP contribution in [0.2, 0.25) is 0 Å². The molecular weight excluding hydrogens is 206 g/mol. The standard InChI is InChI=1S/C12H23NO3/c1-5-9(3)7-11(13-10(4)14)8-12(15)16-6-2/h9,11H,5-8H2,1-4H3,(H,13,14). The van der Waals surface area contributed by atoms with Crippen molar-refractivity contribution in [1.82, 2.24) is 5.32 Å². The van der Waals surface area contributed by atoms with Crippen molar-refractivity contribution in [1.29, 1.82) is 0 Å². The molecule has 0 radical (unpaired) electrons. The van der Waals surface area contributed by atoms with Crippen molar-refractivity contribution in [2.75, 3.05) is 6.61 Å². The zero-order valence-electron chi connectivity index (χ0n) is 10.7. The largest absolute Gasteiger partial charge is 0.466 e. The van der Waals surface area contributed by atoms with Crippen LogP contribution in [0.4, 0.5) is 0 Å². The molecule has 4 nitrogen and oxygen atoms in total. The van der Waals surface area contributed by atoms with Gasteiger partial charge in [0.2, 0.25) is 5.91 Å². The summed E-state index contributed by atoms with van der Waals surface area (Å²) >= 11 is 0. The lowest BCUT2D eigenvalue weighted by atomic mass is 9.97. The number of hydrogen-bond donors (Lipinski definition) is 1. The molecule has 16 heavy (non-hydrogen) atoms. The predicted octanol–water partition coefficient (Wildman–Crippen LogP) is 1.88. The highest BCUT2D eigenvalue weighted by Crippen LogP contribution is 2.12. The topological polar surface area (TPSA) is 55.4 Å². The van der Waals surface area contributed by atoms with Crippen molar-refractivity contribution in [2.45, 2.75) is 53.0 Å². The van der Waals surface area contributed by atoms with Crippen LogP contribution in [0.5, 0.6) is 0 Å². The molecule has 0 spiro atoms. The molecule has 0 fully saturated rings. The van der Waals surface area contributed by atoms with E-state index in [2.05, 4.69) is 19.2 Å². The summed E-state index contributed by atoms with van der Waals surface area (Å²) in [4.78, 5) is 22.3. The summed E-state index contributed by atoms with van der Waals surface area (Å²) in [5, 5.41) is 2.79. The van der Waals surface area contributed by atoms with Crippen LogP contribution in [-0.2, 0) is 14.3 Å². The van der Waals surface area contributed by atoms with Gasteiger partial charge >= 0.3 is 5.97 Å². The maximum atomic E-state index is 11.3. The highest BCUT2D eigenvalue weighted by molar-refractivity contribution is 5.75. The Balaban J connectivity index is 4.19. The summed E-state index contributed by atoms with van der Waals surface area (Å²) in [5.74, 6) is 0.147. The van der Waals surface area contributed by atoms with Gasteiger partial charge in [-0.05, 0) is 19.3 Å². The van der Waals surface area contributed by atoms with Crippen molar-refractivity contribution in [3.8, 4) is 0 Å². The smallest absolute Gasteiger partial charge is 0.307 e. The minimum Gasteiger partial charge on any atom is -0.466 e. The van der Waals surface area contributed by atoms with Crippen molar-refractivity contribution in [3.05, 3.63) is 0 Å². The van der Waals surface area contributed by atoms with Crippen LogP contribution >= 0.6 is 0 Å². The number of ether oxygens (including phenoxy) is 1. The molecule has 1 N–H and O–H groups in total. The second-order valence-electron chi connectivity index (χ2n) is 4.16. The molecule has 0 rings (SSSR count). The highest BCUT2D eigenvalue weighted by atomic mass is 16.5. The van der Waals surface area contributed by atoms with Gasteiger partial charge in [0.25, 0.3) is 0 Å². The lowest BCUT2D eigenvalue weighted by Crippen LogP contribution is -2.36. The van der Waals surface area contributed by atoms with E-state index in [1.807, 2.05) is 0 Å². The monoisotopic (exact) mass is 229 g/mol. The molecule has 0 bridgehead atoms. The predicted molar refractivity (Wildman–Crippen MR) is 62.9 cm³/mol. The summed E-state index contributed by atoms with van der Waals surface area (Å²) in [6, 6.07) is -0.105. The first-order valence-corrected chi connectivity index (χ1v) is 5.92. The van der Waals surface area contributed by atoms with Crippen LogP contribution in [0.1, 0.15) is 47.0 Å². The third-order valence-electron chi connectivity index (χ3n) is 2.51. The number of carbonyl (C=O) groups excluding carboxylic acids is 2. The molecule has 0 aromatic rings. The first kappa shape index (κ1) is 14.9. The number of hydrogen-bond acceptors (Lipinski definition) is 3. The third-order valence-corrected chi connectivity index (χ3v) is 2.51. The van der Waals surface area contributed by atoms with E-state index >= 15 is 0 Å². The Bertz CT molecular complexity index is 228. The van der Waals surface area contributed by atoms with E-state index in [1.165, 1.54) is 6.92 Å². The fourth-order valence-electron chi connectivity index (χ4n) is 1.55. The van der Waals surface area contributed by atoms with Crippen LogP contribution in [0.25, 0.3) is 0 Å². The number of rotatable bonds is 7. The van der Waals surface area contributed by atoms with Gasteiger partial charge in [-0.1, -0.05) is 20.3 Å². The second-order valence-corrected chi connectivity index (χ2v) is 4.16. The molecule has 0 saturated carbocycles. The molecule has 94 valence electrons. The van der Waals surface area contributed by atoms with Crippen LogP contribution in [0.15, 0.2) is 0 Å². The van der Waals surface area contributed by atoms with Crippen LogP contribution < -0.4 is 5.32 Å². The SMILES string of the molecule is CCOC(=O)CC(CC(C)CC)NC(C)=O. The Labute approximate surface area is 97.7 Å². The molecule has 0 saturated heterocycles. The third kappa shape index (κ3) is 7.26. The molecule has 0 aliphatic heterocycles. The summed E-state index contributed by atoms with van der Waals surface area (Å²) < 4.78 is 4.88. The van der Waals surface area contributed by atoms with Gasteiger partial charge < -0.3 is 10.1 Å². The summed E-state index contributed by atoms with van der Waals surface area (Å²) in [7, 11) is 0. The molecule has 0 aromatic heterocycles. The molecule has 1 amide bonds. The molecule has 2 unspecified atom stereocenters. The molecular formula is C12H23NO3. The Kier molecular flexibility index (Phi) is 7.60. The molecule has 0 aliphatic rings. The number of nitrogens with one attached hydrogen (secondary N) is 1. The van der Waals surface area contributed by atoms with Gasteiger partial charge in [-0.3, -0.25) is 9.59 Å². The average molecular weight is 229 g/mol. The van der Waals surface area contributed by atoms with Crippen LogP contribution in [0, 0.1) is 5.92 Å². The zero-order chi connectivity index (χ0) is 12.6. The number of carbonyl (C=O) groups is 2. The van der Waals surface area contributed by atoms with Gasteiger partial charge in [0.05, 0.1) is 13.0 Å². The van der Waals surface area contributed by atoms with Crippen molar-refractivity contribution in [2.24, 2.45) is 5.92 Å². The minimum absolute atomic E-state index is 0.0994. The Morgan fingerprint density at radius 1 is 1.31 bits per heavy atom. The van der Waals surface area contributed by atoms with Crippen LogP contribution in [0.3, 0.4) is 0 Å². The van der Waals surface area contributed by atoms with E-state index in [4.69, 9.17) is 4.74 Å².